The van der Waals surface area contributed by atoms with E-state index in [4.69, 9.17) is 4.74 Å². The van der Waals surface area contributed by atoms with Gasteiger partial charge in [-0.25, -0.2) is 0 Å². The number of carbonyl (C=O) groups excluding carboxylic acids is 1. The Labute approximate surface area is 132 Å². The van der Waals surface area contributed by atoms with Gasteiger partial charge in [-0.2, -0.15) is 0 Å². The summed E-state index contributed by atoms with van der Waals surface area (Å²) in [6.07, 6.45) is 1.12. The fourth-order valence-corrected chi connectivity index (χ4v) is 2.81. The molecule has 1 aliphatic heterocycles. The van der Waals surface area contributed by atoms with Gasteiger partial charge >= 0.3 is 5.97 Å². The maximum absolute atomic E-state index is 11.5. The quantitative estimate of drug-likeness (QED) is 0.524. The highest BCUT2D eigenvalue weighted by Crippen LogP contribution is 2.26. The van der Waals surface area contributed by atoms with Gasteiger partial charge in [0.2, 0.25) is 0 Å². The summed E-state index contributed by atoms with van der Waals surface area (Å²) in [6, 6.07) is 10.6. The summed E-state index contributed by atoms with van der Waals surface area (Å²) in [4.78, 5) is 18.0. The van der Waals surface area contributed by atoms with Crippen LogP contribution in [0.2, 0.25) is 0 Å². The number of esters is 1. The molecule has 1 aromatic carbocycles. The summed E-state index contributed by atoms with van der Waals surface area (Å²) >= 11 is 0. The van der Waals surface area contributed by atoms with Crippen LogP contribution in [0.15, 0.2) is 35.3 Å². The first kappa shape index (κ1) is 16.3. The van der Waals surface area contributed by atoms with Gasteiger partial charge in [0.1, 0.15) is 0 Å². The molecule has 5 heteroatoms. The lowest BCUT2D eigenvalue weighted by atomic mass is 9.99. The van der Waals surface area contributed by atoms with Gasteiger partial charge in [-0.05, 0) is 12.0 Å². The van der Waals surface area contributed by atoms with Gasteiger partial charge < -0.3 is 15.0 Å². The smallest absolute Gasteiger partial charge is 0.310 e. The number of aliphatic imine (C=N–C) groups is 1. The molecule has 2 atom stereocenters. The number of hydrogen-bond acceptors (Lipinski definition) is 3. The van der Waals surface area contributed by atoms with Crippen LogP contribution in [0, 0.1) is 5.92 Å². The predicted octanol–water partition coefficient (Wildman–Crippen LogP) is 1.86. The lowest BCUT2D eigenvalue weighted by molar-refractivity contribution is -0.144. The number of ether oxygens (including phenoxy) is 1. The molecule has 1 heterocycles. The first-order chi connectivity index (χ1) is 10.7. The standard InChI is InChI=1S/C17H25N3O2/c1-13(16(21)22-3)11-19-17(18-2)20-10-9-15(12-20)14-7-5-4-6-8-14/h4-8,13,15H,9-12H2,1-3H3,(H,18,19). The summed E-state index contributed by atoms with van der Waals surface area (Å²) in [5, 5.41) is 3.27. The van der Waals surface area contributed by atoms with E-state index in [0.717, 1.165) is 25.5 Å². The summed E-state index contributed by atoms with van der Waals surface area (Å²) in [5.74, 6) is 1.01. The minimum absolute atomic E-state index is 0.186. The van der Waals surface area contributed by atoms with E-state index in [9.17, 15) is 4.79 Å². The minimum Gasteiger partial charge on any atom is -0.469 e. The number of benzene rings is 1. The highest BCUT2D eigenvalue weighted by atomic mass is 16.5. The molecule has 1 N–H and O–H groups in total. The summed E-state index contributed by atoms with van der Waals surface area (Å²) in [5.41, 5.74) is 1.38. The third-order valence-corrected chi connectivity index (χ3v) is 4.14. The first-order valence-electron chi connectivity index (χ1n) is 7.74. The van der Waals surface area contributed by atoms with Crippen molar-refractivity contribution in [1.29, 1.82) is 0 Å². The highest BCUT2D eigenvalue weighted by Gasteiger charge is 2.26. The number of nitrogens with zero attached hydrogens (tertiary/aromatic N) is 2. The van der Waals surface area contributed by atoms with E-state index in [1.54, 1.807) is 7.05 Å². The molecule has 0 bridgehead atoms. The molecule has 0 aliphatic carbocycles. The molecule has 1 aromatic rings. The maximum atomic E-state index is 11.5. The fourth-order valence-electron chi connectivity index (χ4n) is 2.81. The molecule has 22 heavy (non-hydrogen) atoms. The Morgan fingerprint density at radius 1 is 1.45 bits per heavy atom. The van der Waals surface area contributed by atoms with Crippen molar-refractivity contribution < 1.29 is 9.53 Å². The molecule has 0 aromatic heterocycles. The number of hydrogen-bond donors (Lipinski definition) is 1. The molecule has 0 radical (unpaired) electrons. The van der Waals surface area contributed by atoms with Crippen molar-refractivity contribution in [1.82, 2.24) is 10.2 Å². The lowest BCUT2D eigenvalue weighted by Gasteiger charge is -2.23. The molecule has 5 nitrogen and oxygen atoms in total. The van der Waals surface area contributed by atoms with Crippen LogP contribution in [0.5, 0.6) is 0 Å². The van der Waals surface area contributed by atoms with Gasteiger partial charge in [0.05, 0.1) is 13.0 Å². The van der Waals surface area contributed by atoms with E-state index in [1.807, 2.05) is 13.0 Å². The van der Waals surface area contributed by atoms with E-state index in [-0.39, 0.29) is 11.9 Å². The SMILES string of the molecule is CN=C(NCC(C)C(=O)OC)N1CCC(c2ccccc2)C1. The molecule has 0 spiro atoms. The molecular weight excluding hydrogens is 278 g/mol. The number of methoxy groups -OCH3 is 1. The van der Waals surface area contributed by atoms with Crippen molar-refractivity contribution >= 4 is 11.9 Å². The predicted molar refractivity (Wildman–Crippen MR) is 87.9 cm³/mol. The Morgan fingerprint density at radius 3 is 2.82 bits per heavy atom. The van der Waals surface area contributed by atoms with Gasteiger partial charge in [-0.15, -0.1) is 0 Å². The molecule has 2 rings (SSSR count). The van der Waals surface area contributed by atoms with Crippen LogP contribution in [0.25, 0.3) is 0 Å². The van der Waals surface area contributed by atoms with Gasteiger partial charge in [0, 0.05) is 32.6 Å². The third kappa shape index (κ3) is 4.00. The van der Waals surface area contributed by atoms with Crippen molar-refractivity contribution in [2.24, 2.45) is 10.9 Å². The molecule has 1 saturated heterocycles. The molecule has 1 fully saturated rings. The Balaban J connectivity index is 1.89. The summed E-state index contributed by atoms with van der Waals surface area (Å²) in [7, 11) is 3.19. The second-order valence-electron chi connectivity index (χ2n) is 5.69. The fraction of sp³-hybridized carbons (Fsp3) is 0.529. The first-order valence-corrected chi connectivity index (χ1v) is 7.74. The normalized spacial score (nSPS) is 19.9. The van der Waals surface area contributed by atoms with E-state index < -0.39 is 0 Å². The molecule has 0 amide bonds. The Morgan fingerprint density at radius 2 is 2.18 bits per heavy atom. The van der Waals surface area contributed by atoms with Crippen molar-refractivity contribution in [2.45, 2.75) is 19.3 Å². The lowest BCUT2D eigenvalue weighted by Crippen LogP contribution is -2.42. The van der Waals surface area contributed by atoms with Crippen molar-refractivity contribution in [3.05, 3.63) is 35.9 Å². The maximum Gasteiger partial charge on any atom is 0.310 e. The van der Waals surface area contributed by atoms with Crippen LogP contribution in [-0.2, 0) is 9.53 Å². The van der Waals surface area contributed by atoms with E-state index in [0.29, 0.717) is 12.5 Å². The number of nitrogens with one attached hydrogen (secondary N) is 1. The Bertz CT molecular complexity index is 516. The van der Waals surface area contributed by atoms with Crippen LogP contribution in [0.4, 0.5) is 0 Å². The second-order valence-corrected chi connectivity index (χ2v) is 5.69. The van der Waals surface area contributed by atoms with Crippen LogP contribution < -0.4 is 5.32 Å². The monoisotopic (exact) mass is 303 g/mol. The Hall–Kier alpha value is -2.04. The topological polar surface area (TPSA) is 53.9 Å². The molecular formula is C17H25N3O2. The van der Waals surface area contributed by atoms with Crippen molar-refractivity contribution in [3.8, 4) is 0 Å². The van der Waals surface area contributed by atoms with E-state index in [1.165, 1.54) is 12.7 Å². The summed E-state index contributed by atoms with van der Waals surface area (Å²) in [6.45, 7) is 4.32. The number of likely N-dealkylation sites (tertiary alicyclic amines) is 1. The minimum atomic E-state index is -0.202. The molecule has 120 valence electrons. The Kier molecular flexibility index (Phi) is 5.81. The molecule has 0 saturated carbocycles. The van der Waals surface area contributed by atoms with Crippen LogP contribution in [-0.4, -0.2) is 50.6 Å². The highest BCUT2D eigenvalue weighted by molar-refractivity contribution is 5.81. The van der Waals surface area contributed by atoms with E-state index >= 15 is 0 Å². The van der Waals surface area contributed by atoms with Crippen LogP contribution >= 0.6 is 0 Å². The van der Waals surface area contributed by atoms with Gasteiger partial charge in [-0.1, -0.05) is 37.3 Å². The average Bonchev–Trinajstić information content (AvgIpc) is 3.05. The van der Waals surface area contributed by atoms with Gasteiger partial charge in [-0.3, -0.25) is 9.79 Å². The van der Waals surface area contributed by atoms with Crippen LogP contribution in [0.1, 0.15) is 24.8 Å². The van der Waals surface area contributed by atoms with Crippen LogP contribution in [0.3, 0.4) is 0 Å². The van der Waals surface area contributed by atoms with Crippen molar-refractivity contribution in [3.63, 3.8) is 0 Å². The zero-order chi connectivity index (χ0) is 15.9. The third-order valence-electron chi connectivity index (χ3n) is 4.14. The summed E-state index contributed by atoms with van der Waals surface area (Å²) < 4.78 is 4.75. The second kappa shape index (κ2) is 7.82. The zero-order valence-corrected chi connectivity index (χ0v) is 13.6. The number of guanidine groups is 1. The molecule has 1 aliphatic rings. The van der Waals surface area contributed by atoms with Gasteiger partial charge in [0.25, 0.3) is 0 Å². The van der Waals surface area contributed by atoms with Gasteiger partial charge in [0.15, 0.2) is 5.96 Å². The largest absolute Gasteiger partial charge is 0.469 e. The van der Waals surface area contributed by atoms with Crippen molar-refractivity contribution in [2.75, 3.05) is 33.8 Å². The number of carbonyl (C=O) groups is 1. The average molecular weight is 303 g/mol. The zero-order valence-electron chi connectivity index (χ0n) is 13.6. The molecule has 2 unspecified atom stereocenters. The van der Waals surface area contributed by atoms with E-state index in [2.05, 4.69) is 39.5 Å². The number of rotatable bonds is 4.